The average molecular weight is 651 g/mol. The van der Waals surface area contributed by atoms with Crippen LogP contribution in [0.25, 0.3) is 10.8 Å². The molecule has 0 saturated heterocycles. The molecule has 0 heterocycles. The van der Waals surface area contributed by atoms with Crippen LogP contribution in [0.5, 0.6) is 0 Å². The molecule has 0 aliphatic rings. The zero-order chi connectivity index (χ0) is 30.1. The average Bonchev–Trinajstić information content (AvgIpc) is 3.00. The number of nitrogens with zero attached hydrogens (tertiary/aromatic N) is 2. The Morgan fingerprint density at radius 3 is 2.21 bits per heavy atom. The van der Waals surface area contributed by atoms with Crippen molar-refractivity contribution >= 4 is 48.5 Å². The van der Waals surface area contributed by atoms with E-state index < -0.39 is 28.5 Å². The van der Waals surface area contributed by atoms with Gasteiger partial charge in [-0.2, -0.15) is 4.31 Å². The maximum Gasteiger partial charge on any atom is 0.243 e. The first-order valence-electron chi connectivity index (χ1n) is 14.0. The summed E-state index contributed by atoms with van der Waals surface area (Å²) in [6.45, 7) is 2.27. The Balaban J connectivity index is 1.65. The lowest BCUT2D eigenvalue weighted by atomic mass is 10.0. The number of likely N-dealkylation sites (N-methyl/N-ethyl adjacent to an activating group) is 1. The molecule has 4 rings (SSSR count). The van der Waals surface area contributed by atoms with Crippen LogP contribution in [0.3, 0.4) is 0 Å². The monoisotopic (exact) mass is 649 g/mol. The van der Waals surface area contributed by atoms with Crippen molar-refractivity contribution in [2.75, 3.05) is 20.1 Å². The highest BCUT2D eigenvalue weighted by atomic mass is 79.9. The molecule has 4 aromatic carbocycles. The van der Waals surface area contributed by atoms with Gasteiger partial charge in [0, 0.05) is 31.0 Å². The molecule has 9 heteroatoms. The van der Waals surface area contributed by atoms with Crippen molar-refractivity contribution < 1.29 is 18.0 Å². The molecule has 7 nitrogen and oxygen atoms in total. The Morgan fingerprint density at radius 1 is 0.857 bits per heavy atom. The molecule has 0 bridgehead atoms. The minimum Gasteiger partial charge on any atom is -0.354 e. The van der Waals surface area contributed by atoms with Gasteiger partial charge in [-0.25, -0.2) is 8.42 Å². The van der Waals surface area contributed by atoms with Gasteiger partial charge >= 0.3 is 0 Å². The lowest BCUT2D eigenvalue weighted by molar-refractivity contribution is -0.141. The van der Waals surface area contributed by atoms with Gasteiger partial charge in [-0.15, -0.1) is 0 Å². The molecule has 1 atom stereocenters. The van der Waals surface area contributed by atoms with Crippen molar-refractivity contribution in [1.29, 1.82) is 0 Å². The van der Waals surface area contributed by atoms with E-state index in [-0.39, 0.29) is 17.3 Å². The number of rotatable bonds is 13. The van der Waals surface area contributed by atoms with Gasteiger partial charge in [0.1, 0.15) is 6.04 Å². The molecule has 42 heavy (non-hydrogen) atoms. The lowest BCUT2D eigenvalue weighted by Gasteiger charge is -2.32. The number of halogens is 1. The SMILES string of the molecule is CCCCNC(=O)C(Cc1ccccc1)N(Cc1ccc(Br)cc1)C(=O)CN(C)S(=O)(=O)c1ccc2ccccc2c1. The number of benzene rings is 4. The molecule has 0 radical (unpaired) electrons. The van der Waals surface area contributed by atoms with Crippen molar-refractivity contribution in [1.82, 2.24) is 14.5 Å². The normalized spacial score (nSPS) is 12.3. The molecule has 0 spiro atoms. The molecule has 0 aliphatic carbocycles. The molecular formula is C33H36BrN3O4S. The smallest absolute Gasteiger partial charge is 0.243 e. The van der Waals surface area contributed by atoms with Crippen LogP contribution in [0.15, 0.2) is 106 Å². The highest BCUT2D eigenvalue weighted by Gasteiger charge is 2.33. The summed E-state index contributed by atoms with van der Waals surface area (Å²) >= 11 is 3.45. The summed E-state index contributed by atoms with van der Waals surface area (Å²) in [5, 5.41) is 4.71. The van der Waals surface area contributed by atoms with Gasteiger partial charge in [0.05, 0.1) is 11.4 Å². The van der Waals surface area contributed by atoms with Gasteiger partial charge in [-0.3, -0.25) is 9.59 Å². The Morgan fingerprint density at radius 2 is 1.52 bits per heavy atom. The summed E-state index contributed by atoms with van der Waals surface area (Å²) in [7, 11) is -2.58. The quantitative estimate of drug-likeness (QED) is 0.186. The van der Waals surface area contributed by atoms with Crippen molar-refractivity contribution in [3.8, 4) is 0 Å². The summed E-state index contributed by atoms with van der Waals surface area (Å²) < 4.78 is 29.1. The predicted molar refractivity (Wildman–Crippen MR) is 170 cm³/mol. The van der Waals surface area contributed by atoms with Crippen molar-refractivity contribution in [2.24, 2.45) is 0 Å². The third-order valence-corrected chi connectivity index (χ3v) is 9.48. The maximum atomic E-state index is 14.0. The van der Waals surface area contributed by atoms with Crippen LogP contribution >= 0.6 is 15.9 Å². The number of hydrogen-bond acceptors (Lipinski definition) is 4. The third kappa shape index (κ3) is 8.06. The van der Waals surface area contributed by atoms with E-state index in [2.05, 4.69) is 21.2 Å². The Bertz CT molecular complexity index is 1610. The number of hydrogen-bond donors (Lipinski definition) is 1. The molecule has 220 valence electrons. The van der Waals surface area contributed by atoms with E-state index >= 15 is 0 Å². The number of carbonyl (C=O) groups excluding carboxylic acids is 2. The molecule has 0 fully saturated rings. The zero-order valence-electron chi connectivity index (χ0n) is 23.9. The van der Waals surface area contributed by atoms with Gasteiger partial charge < -0.3 is 10.2 Å². The second kappa shape index (κ2) is 14.6. The largest absolute Gasteiger partial charge is 0.354 e. The van der Waals surface area contributed by atoms with Crippen LogP contribution in [0.2, 0.25) is 0 Å². The second-order valence-electron chi connectivity index (χ2n) is 10.3. The second-order valence-corrected chi connectivity index (χ2v) is 13.2. The number of sulfonamides is 1. The fourth-order valence-electron chi connectivity index (χ4n) is 4.72. The minimum absolute atomic E-state index is 0.106. The lowest BCUT2D eigenvalue weighted by Crippen LogP contribution is -2.53. The number of fused-ring (bicyclic) bond motifs is 1. The summed E-state index contributed by atoms with van der Waals surface area (Å²) in [6.07, 6.45) is 2.03. The van der Waals surface area contributed by atoms with E-state index in [1.807, 2.05) is 85.8 Å². The Kier molecular flexibility index (Phi) is 10.9. The van der Waals surface area contributed by atoms with Crippen molar-refractivity contribution in [2.45, 2.75) is 43.7 Å². The Hall–Kier alpha value is -3.53. The van der Waals surface area contributed by atoms with E-state index in [4.69, 9.17) is 0 Å². The van der Waals surface area contributed by atoms with E-state index in [0.29, 0.717) is 13.0 Å². The summed E-state index contributed by atoms with van der Waals surface area (Å²) in [5.74, 6) is -0.728. The molecule has 0 aliphatic heterocycles. The standard InChI is InChI=1S/C33H36BrN3O4S/c1-3-4-20-35-33(39)31(21-25-10-6-5-7-11-25)37(23-26-14-17-29(34)18-15-26)32(38)24-36(2)42(40,41)30-19-16-27-12-8-9-13-28(27)22-30/h5-19,22,31H,3-4,20-21,23-24H2,1-2H3,(H,35,39). The fourth-order valence-corrected chi connectivity index (χ4v) is 6.14. The third-order valence-electron chi connectivity index (χ3n) is 7.15. The van der Waals surface area contributed by atoms with Crippen LogP contribution in [-0.4, -0.2) is 55.6 Å². The van der Waals surface area contributed by atoms with Crippen LogP contribution in [0.4, 0.5) is 0 Å². The van der Waals surface area contributed by atoms with Gasteiger partial charge in [-0.05, 0) is 52.6 Å². The van der Waals surface area contributed by atoms with Crippen LogP contribution in [0.1, 0.15) is 30.9 Å². The van der Waals surface area contributed by atoms with Crippen LogP contribution in [-0.2, 0) is 32.6 Å². The highest BCUT2D eigenvalue weighted by Crippen LogP contribution is 2.22. The molecule has 4 aromatic rings. The topological polar surface area (TPSA) is 86.8 Å². The molecular weight excluding hydrogens is 614 g/mol. The highest BCUT2D eigenvalue weighted by molar-refractivity contribution is 9.10. The van der Waals surface area contributed by atoms with Gasteiger partial charge in [0.15, 0.2) is 0 Å². The van der Waals surface area contributed by atoms with E-state index in [1.54, 1.807) is 18.2 Å². The number of carbonyl (C=O) groups is 2. The molecule has 2 amide bonds. The predicted octanol–water partition coefficient (Wildman–Crippen LogP) is 5.78. The number of unbranched alkanes of at least 4 members (excludes halogenated alkanes) is 1. The maximum absolute atomic E-state index is 14.0. The van der Waals surface area contributed by atoms with E-state index in [1.165, 1.54) is 11.9 Å². The first kappa shape index (κ1) is 31.4. The van der Waals surface area contributed by atoms with Crippen LogP contribution in [0, 0.1) is 0 Å². The Labute approximate surface area is 256 Å². The van der Waals surface area contributed by atoms with Crippen molar-refractivity contribution in [3.63, 3.8) is 0 Å². The van der Waals surface area contributed by atoms with Gasteiger partial charge in [0.2, 0.25) is 21.8 Å². The summed E-state index contributed by atoms with van der Waals surface area (Å²) in [4.78, 5) is 29.2. The first-order chi connectivity index (χ1) is 20.2. The van der Waals surface area contributed by atoms with Gasteiger partial charge in [0.25, 0.3) is 0 Å². The molecule has 0 aromatic heterocycles. The van der Waals surface area contributed by atoms with Crippen molar-refractivity contribution in [3.05, 3.63) is 113 Å². The summed E-state index contributed by atoms with van der Waals surface area (Å²) in [6, 6.07) is 28.7. The number of amides is 2. The molecule has 1 N–H and O–H groups in total. The van der Waals surface area contributed by atoms with E-state index in [0.717, 1.165) is 43.5 Å². The zero-order valence-corrected chi connectivity index (χ0v) is 26.3. The number of nitrogens with one attached hydrogen (secondary N) is 1. The molecule has 0 saturated carbocycles. The minimum atomic E-state index is -3.98. The van der Waals surface area contributed by atoms with Gasteiger partial charge in [-0.1, -0.05) is 102 Å². The fraction of sp³-hybridized carbons (Fsp3) is 0.273. The first-order valence-corrected chi connectivity index (χ1v) is 16.2. The van der Waals surface area contributed by atoms with E-state index in [9.17, 15) is 18.0 Å². The molecule has 1 unspecified atom stereocenters. The summed E-state index contributed by atoms with van der Waals surface area (Å²) in [5.41, 5.74) is 1.73. The van der Waals surface area contributed by atoms with Crippen LogP contribution < -0.4 is 5.32 Å².